The number of benzene rings is 2. The lowest BCUT2D eigenvalue weighted by Gasteiger charge is -2.06. The van der Waals surface area contributed by atoms with Crippen molar-refractivity contribution in [2.24, 2.45) is 0 Å². The highest BCUT2D eigenvalue weighted by molar-refractivity contribution is 5.81. The first-order chi connectivity index (χ1) is 15.1. The van der Waals surface area contributed by atoms with E-state index >= 15 is 0 Å². The van der Waals surface area contributed by atoms with Crippen molar-refractivity contribution in [1.29, 1.82) is 0 Å². The van der Waals surface area contributed by atoms with E-state index in [1.165, 1.54) is 12.1 Å². The van der Waals surface area contributed by atoms with Gasteiger partial charge in [-0.05, 0) is 42.0 Å². The summed E-state index contributed by atoms with van der Waals surface area (Å²) in [5.74, 6) is -0.146. The second-order valence-corrected chi connectivity index (χ2v) is 6.90. The van der Waals surface area contributed by atoms with Crippen LogP contribution in [0.5, 0.6) is 0 Å². The number of amides is 1. The molecule has 2 heterocycles. The molecule has 0 atom stereocenters. The fraction of sp³-hybridized carbons (Fsp3) is 0.0870. The number of nitrogens with zero attached hydrogens (tertiary/aromatic N) is 4. The molecule has 0 aliphatic rings. The first kappa shape index (κ1) is 20.0. The molecule has 1 amide bonds. The van der Waals surface area contributed by atoms with E-state index in [9.17, 15) is 14.9 Å². The molecule has 31 heavy (non-hydrogen) atoms. The zero-order chi connectivity index (χ0) is 21.6. The predicted octanol–water partition coefficient (Wildman–Crippen LogP) is 3.70. The summed E-state index contributed by atoms with van der Waals surface area (Å²) in [6.45, 7) is 0.404. The number of pyridine rings is 1. The highest BCUT2D eigenvalue weighted by Crippen LogP contribution is 2.26. The largest absolute Gasteiger partial charge is 0.352 e. The van der Waals surface area contributed by atoms with Crippen molar-refractivity contribution in [3.63, 3.8) is 0 Å². The third kappa shape index (κ3) is 4.81. The average molecular weight is 413 g/mol. The molecule has 4 aromatic rings. The predicted molar refractivity (Wildman–Crippen MR) is 115 cm³/mol. The van der Waals surface area contributed by atoms with E-state index in [1.807, 2.05) is 48.7 Å². The fourth-order valence-corrected chi connectivity index (χ4v) is 3.17. The van der Waals surface area contributed by atoms with E-state index in [0.29, 0.717) is 17.8 Å². The Balaban J connectivity index is 1.61. The number of carbonyl (C=O) groups excluding carboxylic acids is 1. The molecular formula is C23H19N5O3. The second kappa shape index (κ2) is 9.00. The smallest absolute Gasteiger partial charge is 0.269 e. The van der Waals surface area contributed by atoms with E-state index in [0.717, 1.165) is 16.8 Å². The van der Waals surface area contributed by atoms with Gasteiger partial charge < -0.3 is 5.32 Å². The van der Waals surface area contributed by atoms with Gasteiger partial charge >= 0.3 is 0 Å². The molecule has 0 fully saturated rings. The summed E-state index contributed by atoms with van der Waals surface area (Å²) in [4.78, 5) is 27.1. The number of nitro benzene ring substituents is 1. The maximum atomic E-state index is 12.6. The molecule has 4 rings (SSSR count). The van der Waals surface area contributed by atoms with Crippen LogP contribution in [0, 0.1) is 10.1 Å². The van der Waals surface area contributed by atoms with Gasteiger partial charge in [-0.1, -0.05) is 18.2 Å². The molecule has 8 nitrogen and oxygen atoms in total. The molecule has 154 valence electrons. The fourth-order valence-electron chi connectivity index (χ4n) is 3.17. The minimum atomic E-state index is -0.445. The molecule has 0 aliphatic carbocycles. The topological polar surface area (TPSA) is 103 Å². The molecule has 0 radical (unpaired) electrons. The van der Waals surface area contributed by atoms with Gasteiger partial charge in [0.15, 0.2) is 0 Å². The number of aromatic nitrogens is 3. The van der Waals surface area contributed by atoms with Crippen LogP contribution in [0.3, 0.4) is 0 Å². The average Bonchev–Trinajstić information content (AvgIpc) is 3.22. The number of rotatable bonds is 7. The Morgan fingerprint density at radius 1 is 1.00 bits per heavy atom. The minimum Gasteiger partial charge on any atom is -0.352 e. The standard InChI is InChI=1S/C23H19N5O3/c29-22(25-15-17-10-12-24-13-11-17)14-19-16-27(20-4-2-1-3-5-20)26-23(19)18-6-8-21(9-7-18)28(30)31/h1-13,16H,14-15H2,(H,25,29). The van der Waals surface area contributed by atoms with Gasteiger partial charge in [-0.15, -0.1) is 0 Å². The Morgan fingerprint density at radius 2 is 1.71 bits per heavy atom. The van der Waals surface area contributed by atoms with Gasteiger partial charge in [0.05, 0.1) is 22.7 Å². The lowest BCUT2D eigenvalue weighted by molar-refractivity contribution is -0.384. The molecule has 2 aromatic heterocycles. The lowest BCUT2D eigenvalue weighted by Crippen LogP contribution is -2.24. The molecule has 0 aliphatic heterocycles. The monoisotopic (exact) mass is 413 g/mol. The summed E-state index contributed by atoms with van der Waals surface area (Å²) in [5.41, 5.74) is 3.86. The molecule has 0 saturated carbocycles. The minimum absolute atomic E-state index is 0.00267. The normalized spacial score (nSPS) is 10.6. The SMILES string of the molecule is O=C(Cc1cn(-c2ccccc2)nc1-c1ccc([N+](=O)[O-])cc1)NCc1ccncc1. The van der Waals surface area contributed by atoms with Gasteiger partial charge in [0.1, 0.15) is 0 Å². The van der Waals surface area contributed by atoms with Gasteiger partial charge in [-0.2, -0.15) is 5.10 Å². The summed E-state index contributed by atoms with van der Waals surface area (Å²) in [7, 11) is 0. The number of nitrogens with one attached hydrogen (secondary N) is 1. The highest BCUT2D eigenvalue weighted by Gasteiger charge is 2.16. The van der Waals surface area contributed by atoms with Crippen molar-refractivity contribution < 1.29 is 9.72 Å². The number of para-hydroxylation sites is 1. The van der Waals surface area contributed by atoms with E-state index in [4.69, 9.17) is 0 Å². The van der Waals surface area contributed by atoms with Crippen LogP contribution in [-0.2, 0) is 17.8 Å². The summed E-state index contributed by atoms with van der Waals surface area (Å²) < 4.78 is 1.71. The Kier molecular flexibility index (Phi) is 5.79. The van der Waals surface area contributed by atoms with Crippen LogP contribution < -0.4 is 5.32 Å². The Hall–Kier alpha value is -4.33. The number of hydrogen-bond acceptors (Lipinski definition) is 5. The summed E-state index contributed by atoms with van der Waals surface area (Å²) in [5, 5.41) is 18.5. The lowest BCUT2D eigenvalue weighted by atomic mass is 10.1. The van der Waals surface area contributed by atoms with E-state index in [2.05, 4.69) is 15.4 Å². The highest BCUT2D eigenvalue weighted by atomic mass is 16.6. The van der Waals surface area contributed by atoms with Crippen LogP contribution in [0.15, 0.2) is 85.3 Å². The van der Waals surface area contributed by atoms with E-state index in [1.54, 1.807) is 29.2 Å². The van der Waals surface area contributed by atoms with Gasteiger partial charge in [0, 0.05) is 48.4 Å². The Labute approximate surface area is 178 Å². The summed E-state index contributed by atoms with van der Waals surface area (Å²) >= 11 is 0. The van der Waals surface area contributed by atoms with E-state index in [-0.39, 0.29) is 18.0 Å². The number of carbonyl (C=O) groups is 1. The molecule has 0 spiro atoms. The van der Waals surface area contributed by atoms with Crippen LogP contribution in [0.2, 0.25) is 0 Å². The van der Waals surface area contributed by atoms with Crippen LogP contribution in [0.1, 0.15) is 11.1 Å². The van der Waals surface area contributed by atoms with Crippen molar-refractivity contribution in [3.05, 3.63) is 107 Å². The number of hydrogen-bond donors (Lipinski definition) is 1. The summed E-state index contributed by atoms with van der Waals surface area (Å²) in [6, 6.07) is 19.4. The van der Waals surface area contributed by atoms with Gasteiger partial charge in [0.25, 0.3) is 5.69 Å². The molecule has 1 N–H and O–H groups in total. The first-order valence-corrected chi connectivity index (χ1v) is 9.64. The molecule has 2 aromatic carbocycles. The van der Waals surface area contributed by atoms with Gasteiger partial charge in [0.2, 0.25) is 5.91 Å². The van der Waals surface area contributed by atoms with Crippen LogP contribution >= 0.6 is 0 Å². The van der Waals surface area contributed by atoms with Crippen LogP contribution in [0.4, 0.5) is 5.69 Å². The van der Waals surface area contributed by atoms with Crippen LogP contribution in [0.25, 0.3) is 16.9 Å². The Bertz CT molecular complexity index is 1190. The van der Waals surface area contributed by atoms with Crippen molar-refractivity contribution in [2.75, 3.05) is 0 Å². The molecule has 0 unspecified atom stereocenters. The second-order valence-electron chi connectivity index (χ2n) is 6.90. The van der Waals surface area contributed by atoms with Gasteiger partial charge in [-0.3, -0.25) is 19.9 Å². The van der Waals surface area contributed by atoms with Gasteiger partial charge in [-0.25, -0.2) is 4.68 Å². The third-order valence-corrected chi connectivity index (χ3v) is 4.75. The molecule has 0 saturated heterocycles. The molecule has 8 heteroatoms. The maximum Gasteiger partial charge on any atom is 0.269 e. The zero-order valence-electron chi connectivity index (χ0n) is 16.5. The third-order valence-electron chi connectivity index (χ3n) is 4.75. The van der Waals surface area contributed by atoms with Crippen molar-refractivity contribution in [2.45, 2.75) is 13.0 Å². The zero-order valence-corrected chi connectivity index (χ0v) is 16.5. The first-order valence-electron chi connectivity index (χ1n) is 9.64. The Morgan fingerprint density at radius 3 is 2.39 bits per heavy atom. The maximum absolute atomic E-state index is 12.6. The van der Waals surface area contributed by atoms with Crippen LogP contribution in [-0.4, -0.2) is 25.6 Å². The van der Waals surface area contributed by atoms with Crippen molar-refractivity contribution >= 4 is 11.6 Å². The van der Waals surface area contributed by atoms with E-state index < -0.39 is 4.92 Å². The quantitative estimate of drug-likeness (QED) is 0.368. The number of non-ortho nitro benzene ring substituents is 1. The van der Waals surface area contributed by atoms with Crippen molar-refractivity contribution in [3.8, 4) is 16.9 Å². The molecule has 0 bridgehead atoms. The summed E-state index contributed by atoms with van der Waals surface area (Å²) in [6.07, 6.45) is 5.30. The molecular weight excluding hydrogens is 394 g/mol. The van der Waals surface area contributed by atoms with Crippen molar-refractivity contribution in [1.82, 2.24) is 20.1 Å². The number of nitro groups is 1.